The van der Waals surface area contributed by atoms with Crippen molar-refractivity contribution in [1.29, 1.82) is 0 Å². The molecule has 0 spiro atoms. The summed E-state index contributed by atoms with van der Waals surface area (Å²) in [6, 6.07) is 9.41. The van der Waals surface area contributed by atoms with Gasteiger partial charge in [0.25, 0.3) is 5.22 Å². The van der Waals surface area contributed by atoms with Crippen LogP contribution >= 0.6 is 11.8 Å². The van der Waals surface area contributed by atoms with Crippen molar-refractivity contribution in [2.75, 3.05) is 5.75 Å². The van der Waals surface area contributed by atoms with Gasteiger partial charge in [0.05, 0.1) is 5.75 Å². The molecule has 0 saturated heterocycles. The van der Waals surface area contributed by atoms with Crippen molar-refractivity contribution in [1.82, 2.24) is 19.9 Å². The number of thioether (sulfide) groups is 1. The molecule has 3 aromatic heterocycles. The molecule has 9 heteroatoms. The van der Waals surface area contributed by atoms with Crippen LogP contribution in [0.25, 0.3) is 17.3 Å². The van der Waals surface area contributed by atoms with Gasteiger partial charge in [-0.1, -0.05) is 16.9 Å². The number of rotatable bonds is 6. The number of nitrogens with zero attached hydrogens (tertiary/aromatic N) is 4. The van der Waals surface area contributed by atoms with Crippen molar-refractivity contribution >= 4 is 17.5 Å². The third kappa shape index (κ3) is 3.86. The largest absolute Gasteiger partial charge is 0.411 e. The van der Waals surface area contributed by atoms with E-state index in [9.17, 15) is 9.18 Å². The molecule has 0 saturated carbocycles. The highest BCUT2D eigenvalue weighted by Gasteiger charge is 2.19. The Bertz CT molecular complexity index is 1180. The SMILES string of the molecule is Cc1cc(-n2c(C)cc(C(=O)CSc3nnc(-c4ccc(F)cc4)o3)c2C)no1. The second-order valence-electron chi connectivity index (χ2n) is 6.51. The highest BCUT2D eigenvalue weighted by Crippen LogP contribution is 2.26. The van der Waals surface area contributed by atoms with E-state index >= 15 is 0 Å². The molecule has 0 aliphatic heterocycles. The molecule has 0 atom stereocenters. The van der Waals surface area contributed by atoms with E-state index in [2.05, 4.69) is 15.4 Å². The van der Waals surface area contributed by atoms with E-state index in [0.717, 1.165) is 23.1 Å². The van der Waals surface area contributed by atoms with Crippen molar-refractivity contribution < 1.29 is 18.1 Å². The van der Waals surface area contributed by atoms with Gasteiger partial charge in [-0.05, 0) is 51.1 Å². The molecule has 0 unspecified atom stereocenters. The quantitative estimate of drug-likeness (QED) is 0.339. The van der Waals surface area contributed by atoms with Crippen molar-refractivity contribution in [3.63, 3.8) is 0 Å². The Hall–Kier alpha value is -3.20. The fourth-order valence-electron chi connectivity index (χ4n) is 3.04. The first-order chi connectivity index (χ1) is 13.9. The van der Waals surface area contributed by atoms with E-state index in [1.807, 2.05) is 37.5 Å². The van der Waals surface area contributed by atoms with E-state index < -0.39 is 0 Å². The zero-order chi connectivity index (χ0) is 20.5. The topological polar surface area (TPSA) is 87.0 Å². The second-order valence-corrected chi connectivity index (χ2v) is 7.43. The predicted octanol–water partition coefficient (Wildman–Crippen LogP) is 4.55. The van der Waals surface area contributed by atoms with Crippen LogP contribution in [0.3, 0.4) is 0 Å². The molecule has 0 radical (unpaired) electrons. The molecule has 4 aromatic rings. The second kappa shape index (κ2) is 7.67. The first-order valence-corrected chi connectivity index (χ1v) is 9.79. The zero-order valence-electron chi connectivity index (χ0n) is 16.0. The van der Waals surface area contributed by atoms with Gasteiger partial charge in [0.15, 0.2) is 11.6 Å². The van der Waals surface area contributed by atoms with Gasteiger partial charge in [-0.25, -0.2) is 4.39 Å². The lowest BCUT2D eigenvalue weighted by Crippen LogP contribution is -2.05. The van der Waals surface area contributed by atoms with E-state index in [4.69, 9.17) is 8.94 Å². The maximum Gasteiger partial charge on any atom is 0.277 e. The van der Waals surface area contributed by atoms with E-state index in [-0.39, 0.29) is 28.5 Å². The van der Waals surface area contributed by atoms with Gasteiger partial charge in [-0.15, -0.1) is 10.2 Å². The Kier molecular flexibility index (Phi) is 5.06. The normalized spacial score (nSPS) is 11.2. The summed E-state index contributed by atoms with van der Waals surface area (Å²) < 4.78 is 25.6. The van der Waals surface area contributed by atoms with Crippen molar-refractivity contribution in [2.45, 2.75) is 26.0 Å². The van der Waals surface area contributed by atoms with Crippen LogP contribution in [0.15, 0.2) is 50.6 Å². The summed E-state index contributed by atoms with van der Waals surface area (Å²) >= 11 is 1.16. The van der Waals surface area contributed by atoms with Crippen LogP contribution in [0.2, 0.25) is 0 Å². The maximum absolute atomic E-state index is 13.0. The van der Waals surface area contributed by atoms with Crippen LogP contribution in [-0.4, -0.2) is 31.5 Å². The number of carbonyl (C=O) groups excluding carboxylic acids is 1. The minimum absolute atomic E-state index is 0.0592. The molecule has 0 aliphatic rings. The zero-order valence-corrected chi connectivity index (χ0v) is 16.8. The number of hydrogen-bond acceptors (Lipinski definition) is 7. The molecule has 0 bridgehead atoms. The van der Waals surface area contributed by atoms with E-state index in [1.54, 1.807) is 12.1 Å². The van der Waals surface area contributed by atoms with Crippen LogP contribution < -0.4 is 0 Å². The number of halogens is 1. The van der Waals surface area contributed by atoms with E-state index in [1.165, 1.54) is 12.1 Å². The average Bonchev–Trinajstić information content (AvgIpc) is 3.40. The predicted molar refractivity (Wildman–Crippen MR) is 105 cm³/mol. The molecular weight excluding hydrogens is 395 g/mol. The third-order valence-corrected chi connectivity index (χ3v) is 5.22. The van der Waals surface area contributed by atoms with E-state index in [0.29, 0.717) is 22.7 Å². The Morgan fingerprint density at radius 3 is 2.59 bits per heavy atom. The third-order valence-electron chi connectivity index (χ3n) is 4.40. The minimum Gasteiger partial charge on any atom is -0.411 e. The number of ketones is 1. The van der Waals surface area contributed by atoms with Crippen LogP contribution in [0.1, 0.15) is 27.5 Å². The molecule has 4 rings (SSSR count). The Balaban J connectivity index is 1.47. The smallest absolute Gasteiger partial charge is 0.277 e. The molecule has 0 fully saturated rings. The number of benzene rings is 1. The summed E-state index contributed by atoms with van der Waals surface area (Å²) in [5, 5.41) is 12.2. The number of aryl methyl sites for hydroxylation is 2. The molecular formula is C20H17FN4O3S. The maximum atomic E-state index is 13.0. The fraction of sp³-hybridized carbons (Fsp3) is 0.200. The summed E-state index contributed by atoms with van der Waals surface area (Å²) in [6.45, 7) is 5.60. The minimum atomic E-state index is -0.341. The molecule has 3 heterocycles. The van der Waals surface area contributed by atoms with Gasteiger partial charge in [0.2, 0.25) is 5.89 Å². The number of aromatic nitrogens is 4. The summed E-state index contributed by atoms with van der Waals surface area (Å²) in [6.07, 6.45) is 0. The summed E-state index contributed by atoms with van der Waals surface area (Å²) in [7, 11) is 0. The number of carbonyl (C=O) groups is 1. The van der Waals surface area contributed by atoms with Gasteiger partial charge in [0.1, 0.15) is 11.6 Å². The van der Waals surface area contributed by atoms with Crippen LogP contribution in [0.4, 0.5) is 4.39 Å². The van der Waals surface area contributed by atoms with Crippen LogP contribution in [0, 0.1) is 26.6 Å². The molecule has 0 aliphatic carbocycles. The monoisotopic (exact) mass is 412 g/mol. The van der Waals surface area contributed by atoms with Gasteiger partial charge in [0, 0.05) is 28.6 Å². The molecule has 7 nitrogen and oxygen atoms in total. The first kappa shape index (κ1) is 19.1. The van der Waals surface area contributed by atoms with Crippen molar-refractivity contribution in [3.8, 4) is 17.3 Å². The summed E-state index contributed by atoms with van der Waals surface area (Å²) in [4.78, 5) is 12.7. The van der Waals surface area contributed by atoms with Gasteiger partial charge in [-0.2, -0.15) is 0 Å². The van der Waals surface area contributed by atoms with Gasteiger partial charge in [-0.3, -0.25) is 9.36 Å². The Morgan fingerprint density at radius 2 is 1.90 bits per heavy atom. The van der Waals surface area contributed by atoms with Gasteiger partial charge >= 0.3 is 0 Å². The summed E-state index contributed by atoms with van der Waals surface area (Å²) in [5.41, 5.74) is 2.90. The molecule has 29 heavy (non-hydrogen) atoms. The highest BCUT2D eigenvalue weighted by molar-refractivity contribution is 7.99. The molecule has 0 amide bonds. The van der Waals surface area contributed by atoms with Crippen LogP contribution in [0.5, 0.6) is 0 Å². The number of hydrogen-bond donors (Lipinski definition) is 0. The average molecular weight is 412 g/mol. The molecule has 148 valence electrons. The molecule has 0 N–H and O–H groups in total. The number of Topliss-reactive ketones (excluding diaryl/α,β-unsaturated/α-hetero) is 1. The first-order valence-electron chi connectivity index (χ1n) is 8.80. The van der Waals surface area contributed by atoms with Crippen molar-refractivity contribution in [3.05, 3.63) is 64.9 Å². The lowest BCUT2D eigenvalue weighted by molar-refractivity contribution is 0.102. The van der Waals surface area contributed by atoms with Crippen LogP contribution in [-0.2, 0) is 0 Å². The standard InChI is InChI=1S/C20H17FN4O3S/c1-11-8-16(13(3)25(11)18-9-12(2)28-24-18)17(26)10-29-20-23-22-19(27-20)14-4-6-15(21)7-5-14/h4-9H,10H2,1-3H3. The molecule has 1 aromatic carbocycles. The fourth-order valence-corrected chi connectivity index (χ4v) is 3.69. The van der Waals surface area contributed by atoms with Crippen molar-refractivity contribution in [2.24, 2.45) is 0 Å². The lowest BCUT2D eigenvalue weighted by Gasteiger charge is -2.04. The Morgan fingerprint density at radius 1 is 1.14 bits per heavy atom. The summed E-state index contributed by atoms with van der Waals surface area (Å²) in [5.74, 6) is 1.37. The van der Waals surface area contributed by atoms with Gasteiger partial charge < -0.3 is 8.94 Å². The highest BCUT2D eigenvalue weighted by atomic mass is 32.2. The lowest BCUT2D eigenvalue weighted by atomic mass is 10.2. The Labute approximate surface area is 169 Å².